The molecule has 1 amide bonds. The van der Waals surface area contributed by atoms with E-state index in [-0.39, 0.29) is 30.2 Å². The number of benzene rings is 2. The molecule has 0 aliphatic rings. The van der Waals surface area contributed by atoms with Crippen molar-refractivity contribution in [2.45, 2.75) is 11.4 Å². The molecule has 2 N–H and O–H groups in total. The second kappa shape index (κ2) is 8.19. The molecular weight excluding hydrogens is 347 g/mol. The van der Waals surface area contributed by atoms with Gasteiger partial charge in [-0.15, -0.1) is 0 Å². The molecule has 0 radical (unpaired) electrons. The van der Waals surface area contributed by atoms with Crippen molar-refractivity contribution in [1.82, 2.24) is 9.62 Å². The minimum Gasteiger partial charge on any atom is -0.395 e. The van der Waals surface area contributed by atoms with Gasteiger partial charge in [0.25, 0.3) is 5.91 Å². The summed E-state index contributed by atoms with van der Waals surface area (Å²) in [5.41, 5.74) is 0.261. The summed E-state index contributed by atoms with van der Waals surface area (Å²) in [5.74, 6) is -1.28. The molecular formula is C17H19FN2O4S. The van der Waals surface area contributed by atoms with E-state index >= 15 is 0 Å². The van der Waals surface area contributed by atoms with E-state index in [1.54, 1.807) is 24.3 Å². The molecule has 0 aliphatic heterocycles. The van der Waals surface area contributed by atoms with Crippen LogP contribution < -0.4 is 5.32 Å². The lowest BCUT2D eigenvalue weighted by Gasteiger charge is -2.18. The van der Waals surface area contributed by atoms with Gasteiger partial charge in [-0.2, -0.15) is 4.31 Å². The van der Waals surface area contributed by atoms with Crippen LogP contribution in [0.25, 0.3) is 0 Å². The second-order valence-electron chi connectivity index (χ2n) is 5.32. The summed E-state index contributed by atoms with van der Waals surface area (Å²) in [6.45, 7) is -0.421. The number of carbonyl (C=O) groups excluding carboxylic acids is 1. The van der Waals surface area contributed by atoms with Gasteiger partial charge in [0, 0.05) is 20.1 Å². The summed E-state index contributed by atoms with van der Waals surface area (Å²) in [6, 6.07) is 11.8. The maximum absolute atomic E-state index is 13.6. The number of halogens is 1. The van der Waals surface area contributed by atoms with E-state index in [1.807, 2.05) is 0 Å². The Morgan fingerprint density at radius 3 is 2.48 bits per heavy atom. The first-order valence-electron chi connectivity index (χ1n) is 7.55. The van der Waals surface area contributed by atoms with E-state index < -0.39 is 21.7 Å². The molecule has 0 unspecified atom stereocenters. The fourth-order valence-electron chi connectivity index (χ4n) is 2.25. The van der Waals surface area contributed by atoms with E-state index in [0.29, 0.717) is 5.56 Å². The number of sulfonamides is 1. The minimum absolute atomic E-state index is 0.0276. The zero-order chi connectivity index (χ0) is 18.4. The van der Waals surface area contributed by atoms with Crippen LogP contribution >= 0.6 is 0 Å². The Kier molecular flexibility index (Phi) is 6.24. The third-order valence-electron chi connectivity index (χ3n) is 3.63. The van der Waals surface area contributed by atoms with Crippen molar-refractivity contribution in [1.29, 1.82) is 0 Å². The molecule has 0 aromatic heterocycles. The molecule has 134 valence electrons. The highest BCUT2D eigenvalue weighted by Crippen LogP contribution is 2.19. The number of nitrogens with one attached hydrogen (secondary N) is 1. The summed E-state index contributed by atoms with van der Waals surface area (Å²) >= 11 is 0. The summed E-state index contributed by atoms with van der Waals surface area (Å²) in [4.78, 5) is 12.1. The molecule has 2 aromatic rings. The Balaban J connectivity index is 2.22. The molecule has 2 rings (SSSR count). The number of hydrogen-bond donors (Lipinski definition) is 2. The topological polar surface area (TPSA) is 86.7 Å². The van der Waals surface area contributed by atoms with Crippen molar-refractivity contribution in [2.75, 3.05) is 20.2 Å². The first-order chi connectivity index (χ1) is 11.9. The average molecular weight is 366 g/mol. The first-order valence-corrected chi connectivity index (χ1v) is 8.99. The molecule has 0 aliphatic carbocycles. The molecule has 0 fully saturated rings. The quantitative estimate of drug-likeness (QED) is 0.775. The Morgan fingerprint density at radius 2 is 1.80 bits per heavy atom. The number of amides is 1. The minimum atomic E-state index is -3.80. The van der Waals surface area contributed by atoms with Crippen LogP contribution in [0.2, 0.25) is 0 Å². The van der Waals surface area contributed by atoms with Crippen molar-refractivity contribution < 1.29 is 22.7 Å². The number of likely N-dealkylation sites (N-methyl/N-ethyl adjacent to an activating group) is 1. The van der Waals surface area contributed by atoms with Gasteiger partial charge in [-0.25, -0.2) is 12.8 Å². The Morgan fingerprint density at radius 1 is 1.16 bits per heavy atom. The van der Waals surface area contributed by atoms with Crippen molar-refractivity contribution in [3.63, 3.8) is 0 Å². The molecule has 0 spiro atoms. The third-order valence-corrected chi connectivity index (χ3v) is 5.59. The molecule has 0 heterocycles. The van der Waals surface area contributed by atoms with Crippen molar-refractivity contribution in [3.05, 3.63) is 65.5 Å². The number of aliphatic hydroxyl groups is 1. The van der Waals surface area contributed by atoms with E-state index in [0.717, 1.165) is 4.31 Å². The molecule has 0 saturated carbocycles. The predicted octanol–water partition coefficient (Wildman–Crippen LogP) is 1.37. The standard InChI is InChI=1S/C17H19FN2O4S/c1-20(10-11-21)25(23,24)16-9-5-2-6-13(16)12-19-17(22)14-7-3-4-8-15(14)18/h2-9,21H,10-12H2,1H3,(H,19,22). The lowest BCUT2D eigenvalue weighted by molar-refractivity contribution is 0.0946. The highest BCUT2D eigenvalue weighted by molar-refractivity contribution is 7.89. The maximum Gasteiger partial charge on any atom is 0.254 e. The Bertz CT molecular complexity index is 855. The zero-order valence-electron chi connectivity index (χ0n) is 13.6. The molecule has 25 heavy (non-hydrogen) atoms. The zero-order valence-corrected chi connectivity index (χ0v) is 14.5. The Labute approximate surface area is 146 Å². The highest BCUT2D eigenvalue weighted by atomic mass is 32.2. The summed E-state index contributed by atoms with van der Waals surface area (Å²) in [6.07, 6.45) is 0. The van der Waals surface area contributed by atoms with Crippen LogP contribution in [0.1, 0.15) is 15.9 Å². The van der Waals surface area contributed by atoms with Gasteiger partial charge in [-0.1, -0.05) is 30.3 Å². The van der Waals surface area contributed by atoms with Crippen molar-refractivity contribution >= 4 is 15.9 Å². The van der Waals surface area contributed by atoms with Crippen molar-refractivity contribution in [3.8, 4) is 0 Å². The number of hydrogen-bond acceptors (Lipinski definition) is 4. The van der Waals surface area contributed by atoms with Gasteiger partial charge >= 0.3 is 0 Å². The van der Waals surface area contributed by atoms with E-state index in [4.69, 9.17) is 5.11 Å². The molecule has 0 saturated heterocycles. The van der Waals surface area contributed by atoms with Gasteiger partial charge < -0.3 is 10.4 Å². The Hall–Kier alpha value is -2.29. The lowest BCUT2D eigenvalue weighted by atomic mass is 10.2. The molecule has 0 bridgehead atoms. The number of aliphatic hydroxyl groups excluding tert-OH is 1. The molecule has 6 nitrogen and oxygen atoms in total. The van der Waals surface area contributed by atoms with Gasteiger partial charge in [0.15, 0.2) is 0 Å². The summed E-state index contributed by atoms with van der Waals surface area (Å²) in [5, 5.41) is 11.5. The summed E-state index contributed by atoms with van der Waals surface area (Å²) in [7, 11) is -2.44. The van der Waals surface area contributed by atoms with Gasteiger partial charge in [-0.3, -0.25) is 4.79 Å². The average Bonchev–Trinajstić information content (AvgIpc) is 2.60. The largest absolute Gasteiger partial charge is 0.395 e. The van der Waals surface area contributed by atoms with E-state index in [2.05, 4.69) is 5.32 Å². The normalized spacial score (nSPS) is 11.5. The second-order valence-corrected chi connectivity index (χ2v) is 7.33. The lowest BCUT2D eigenvalue weighted by Crippen LogP contribution is -2.31. The van der Waals surface area contributed by atoms with Crippen LogP contribution in [0.3, 0.4) is 0 Å². The fraction of sp³-hybridized carbons (Fsp3) is 0.235. The number of rotatable bonds is 7. The van der Waals surface area contributed by atoms with Gasteiger partial charge in [-0.05, 0) is 23.8 Å². The van der Waals surface area contributed by atoms with Crippen molar-refractivity contribution in [2.24, 2.45) is 0 Å². The SMILES string of the molecule is CN(CCO)S(=O)(=O)c1ccccc1CNC(=O)c1ccccc1F. The van der Waals surface area contributed by atoms with Gasteiger partial charge in [0.1, 0.15) is 5.82 Å². The van der Waals surface area contributed by atoms with Gasteiger partial charge in [0.05, 0.1) is 17.1 Å². The van der Waals surface area contributed by atoms with Crippen LogP contribution in [0, 0.1) is 5.82 Å². The predicted molar refractivity (Wildman–Crippen MR) is 90.9 cm³/mol. The van der Waals surface area contributed by atoms with E-state index in [9.17, 15) is 17.6 Å². The highest BCUT2D eigenvalue weighted by Gasteiger charge is 2.23. The van der Waals surface area contributed by atoms with Crippen LogP contribution in [0.4, 0.5) is 4.39 Å². The first kappa shape index (κ1) is 19.0. The van der Waals surface area contributed by atoms with Crippen LogP contribution in [-0.4, -0.2) is 43.9 Å². The molecule has 8 heteroatoms. The van der Waals surface area contributed by atoms with Crippen LogP contribution in [-0.2, 0) is 16.6 Å². The van der Waals surface area contributed by atoms with Gasteiger partial charge in [0.2, 0.25) is 10.0 Å². The smallest absolute Gasteiger partial charge is 0.254 e. The monoisotopic (exact) mass is 366 g/mol. The fourth-order valence-corrected chi connectivity index (χ4v) is 3.63. The molecule has 0 atom stereocenters. The molecule has 2 aromatic carbocycles. The number of nitrogens with zero attached hydrogens (tertiary/aromatic N) is 1. The number of carbonyl (C=O) groups is 1. The van der Waals surface area contributed by atoms with Crippen LogP contribution in [0.5, 0.6) is 0 Å². The van der Waals surface area contributed by atoms with E-state index in [1.165, 1.54) is 31.3 Å². The maximum atomic E-state index is 13.6. The summed E-state index contributed by atoms with van der Waals surface area (Å²) < 4.78 is 39.8. The van der Waals surface area contributed by atoms with Crippen LogP contribution in [0.15, 0.2) is 53.4 Å². The third kappa shape index (κ3) is 4.41.